The van der Waals surface area contributed by atoms with Crippen LogP contribution in [0.1, 0.15) is 125 Å². The van der Waals surface area contributed by atoms with E-state index in [1.54, 1.807) is 0 Å². The zero-order valence-corrected chi connectivity index (χ0v) is 46.5. The first-order chi connectivity index (χ1) is 33.7. The second-order valence-corrected chi connectivity index (χ2v) is 12.3. The molecule has 0 aliphatic rings. The summed E-state index contributed by atoms with van der Waals surface area (Å²) in [6.45, 7) is 36.0. The molecule has 2 nitrogen and oxygen atoms in total. The zero-order chi connectivity index (χ0) is 52.1. The fourth-order valence-electron chi connectivity index (χ4n) is 6.63. The third-order valence-electron chi connectivity index (χ3n) is 9.18. The first-order valence-corrected chi connectivity index (χ1v) is 26.1. The van der Waals surface area contributed by atoms with Gasteiger partial charge in [-0.2, -0.15) is 0 Å². The Balaban J connectivity index is -0.000000748. The predicted octanol–water partition coefficient (Wildman–Crippen LogP) is 22.1. The Labute approximate surface area is 417 Å². The standard InChI is InChI=1S/2C13H11N.C12H10.C10H8.9C2H6/c2*1-14-12-8-4-2-6-10(12)11-7-3-5-9-13(11)14;1-3-7-11(8-4-1)12-9-5-2-6-10-12;1-2-6-10-8-4-3-7-9(10)5-1;9*1-2/h2*2-9H,1H3;1-10H;1-8H;9*1-2H3. The van der Waals surface area contributed by atoms with Crippen molar-refractivity contribution in [3.63, 3.8) is 0 Å². The van der Waals surface area contributed by atoms with Crippen molar-refractivity contribution in [1.29, 1.82) is 0 Å². The summed E-state index contributed by atoms with van der Waals surface area (Å²) in [5, 5.41) is 7.97. The summed E-state index contributed by atoms with van der Waals surface area (Å²) in [5.74, 6) is 0. The number of para-hydroxylation sites is 4. The Morgan fingerprint density at radius 1 is 0.191 bits per heavy atom. The van der Waals surface area contributed by atoms with Gasteiger partial charge < -0.3 is 9.13 Å². The number of rotatable bonds is 1. The lowest BCUT2D eigenvalue weighted by Crippen LogP contribution is -1.84. The quantitative estimate of drug-likeness (QED) is 0.155. The van der Waals surface area contributed by atoms with Gasteiger partial charge in [-0.3, -0.25) is 0 Å². The summed E-state index contributed by atoms with van der Waals surface area (Å²) in [6.07, 6.45) is 0. The first kappa shape index (κ1) is 65.9. The molecule has 2 aromatic heterocycles. The lowest BCUT2D eigenvalue weighted by atomic mass is 10.1. The van der Waals surface area contributed by atoms with Gasteiger partial charge in [0, 0.05) is 57.7 Å². The van der Waals surface area contributed by atoms with E-state index >= 15 is 0 Å². The van der Waals surface area contributed by atoms with Gasteiger partial charge in [0.15, 0.2) is 0 Å². The lowest BCUT2D eigenvalue weighted by molar-refractivity contribution is 1.01. The molecule has 0 amide bonds. The summed E-state index contributed by atoms with van der Waals surface area (Å²) in [7, 11) is 4.23. The SMILES string of the molecule is CC.CC.CC.CC.CC.CC.CC.CC.CC.Cn1c2ccccc2c2ccccc21.Cn1c2ccccc2c2ccccc21.c1ccc(-c2ccccc2)cc1.c1ccc2ccccc2c1. The van der Waals surface area contributed by atoms with Crippen LogP contribution < -0.4 is 0 Å². The number of aryl methyl sites for hydroxylation is 2. The number of hydrogen-bond acceptors (Lipinski definition) is 0. The average Bonchev–Trinajstić information content (AvgIpc) is 3.94. The fraction of sp³-hybridized carbons (Fsp3) is 0.303. The van der Waals surface area contributed by atoms with E-state index in [2.05, 4.69) is 217 Å². The van der Waals surface area contributed by atoms with Crippen LogP contribution in [0.4, 0.5) is 0 Å². The summed E-state index contributed by atoms with van der Waals surface area (Å²) in [5.41, 5.74) is 7.75. The Morgan fingerprint density at radius 3 is 0.559 bits per heavy atom. The summed E-state index contributed by atoms with van der Waals surface area (Å²) in [6, 6.07) is 71.6. The minimum absolute atomic E-state index is 1.28. The maximum absolute atomic E-state index is 2.24. The van der Waals surface area contributed by atoms with E-state index in [-0.39, 0.29) is 0 Å². The predicted molar refractivity (Wildman–Crippen MR) is 319 cm³/mol. The van der Waals surface area contributed by atoms with Gasteiger partial charge in [-0.05, 0) is 46.2 Å². The van der Waals surface area contributed by atoms with Gasteiger partial charge >= 0.3 is 0 Å². The molecular formula is C66H94N2. The van der Waals surface area contributed by atoms with E-state index in [0.29, 0.717) is 0 Å². The van der Waals surface area contributed by atoms with E-state index in [0.717, 1.165) is 0 Å². The van der Waals surface area contributed by atoms with Crippen LogP contribution in [0.15, 0.2) is 206 Å². The highest BCUT2D eigenvalue weighted by atomic mass is 14.9. The van der Waals surface area contributed by atoms with E-state index in [1.807, 2.05) is 137 Å². The number of fused-ring (bicyclic) bond motifs is 7. The molecule has 0 bridgehead atoms. The van der Waals surface area contributed by atoms with E-state index in [4.69, 9.17) is 0 Å². The van der Waals surface area contributed by atoms with Gasteiger partial charge in [-0.25, -0.2) is 0 Å². The van der Waals surface area contributed by atoms with E-state index in [9.17, 15) is 0 Å². The van der Waals surface area contributed by atoms with Crippen molar-refractivity contribution in [2.75, 3.05) is 0 Å². The largest absolute Gasteiger partial charge is 0.344 e. The van der Waals surface area contributed by atoms with Gasteiger partial charge in [0.25, 0.3) is 0 Å². The Morgan fingerprint density at radius 2 is 0.353 bits per heavy atom. The van der Waals surface area contributed by atoms with Crippen LogP contribution in [0.3, 0.4) is 0 Å². The Bertz CT molecular complexity index is 2290. The molecule has 0 atom stereocenters. The van der Waals surface area contributed by atoms with Crippen molar-refractivity contribution in [1.82, 2.24) is 9.13 Å². The minimum Gasteiger partial charge on any atom is -0.344 e. The van der Waals surface area contributed by atoms with Crippen LogP contribution in [0.25, 0.3) is 65.5 Å². The van der Waals surface area contributed by atoms with Crippen molar-refractivity contribution < 1.29 is 0 Å². The molecule has 0 saturated carbocycles. The monoisotopic (exact) mass is 915 g/mol. The van der Waals surface area contributed by atoms with Crippen molar-refractivity contribution in [2.24, 2.45) is 14.1 Å². The molecule has 0 radical (unpaired) electrons. The van der Waals surface area contributed by atoms with Crippen LogP contribution >= 0.6 is 0 Å². The Kier molecular flexibility index (Phi) is 43.1. The minimum atomic E-state index is 1.28. The second kappa shape index (κ2) is 44.5. The molecule has 0 aliphatic carbocycles. The van der Waals surface area contributed by atoms with Crippen molar-refractivity contribution in [2.45, 2.75) is 125 Å². The molecule has 0 spiro atoms. The normalized spacial score (nSPS) is 8.59. The average molecular weight is 915 g/mol. The van der Waals surface area contributed by atoms with Gasteiger partial charge in [0.05, 0.1) is 0 Å². The molecule has 0 aliphatic heterocycles. The topological polar surface area (TPSA) is 9.86 Å². The van der Waals surface area contributed by atoms with Gasteiger partial charge in [-0.1, -0.05) is 307 Å². The molecule has 2 heterocycles. The van der Waals surface area contributed by atoms with Crippen LogP contribution in [0.2, 0.25) is 0 Å². The molecule has 8 aromatic carbocycles. The number of nitrogens with zero attached hydrogens (tertiary/aromatic N) is 2. The van der Waals surface area contributed by atoms with Gasteiger partial charge in [0.1, 0.15) is 0 Å². The van der Waals surface area contributed by atoms with Crippen LogP contribution in [0.5, 0.6) is 0 Å². The molecule has 2 heteroatoms. The van der Waals surface area contributed by atoms with E-state index in [1.165, 1.54) is 65.5 Å². The molecule has 0 fully saturated rings. The number of aromatic nitrogens is 2. The highest BCUT2D eigenvalue weighted by Gasteiger charge is 2.06. The Hall–Kier alpha value is -6.38. The van der Waals surface area contributed by atoms with E-state index < -0.39 is 0 Å². The third-order valence-corrected chi connectivity index (χ3v) is 9.18. The molecule has 10 aromatic rings. The third kappa shape index (κ3) is 20.6. The number of benzene rings is 8. The maximum atomic E-state index is 2.24. The summed E-state index contributed by atoms with van der Waals surface area (Å²) < 4.78 is 4.48. The molecule has 68 heavy (non-hydrogen) atoms. The highest BCUT2D eigenvalue weighted by Crippen LogP contribution is 2.28. The van der Waals surface area contributed by atoms with Gasteiger partial charge in [0.2, 0.25) is 0 Å². The van der Waals surface area contributed by atoms with Crippen LogP contribution in [0, 0.1) is 0 Å². The molecule has 10 rings (SSSR count). The first-order valence-electron chi connectivity index (χ1n) is 26.1. The number of hydrogen-bond donors (Lipinski definition) is 0. The molecule has 368 valence electrons. The van der Waals surface area contributed by atoms with Crippen molar-refractivity contribution in [3.8, 4) is 11.1 Å². The summed E-state index contributed by atoms with van der Waals surface area (Å²) >= 11 is 0. The van der Waals surface area contributed by atoms with Gasteiger partial charge in [-0.15, -0.1) is 0 Å². The van der Waals surface area contributed by atoms with Crippen LogP contribution in [-0.4, -0.2) is 9.13 Å². The van der Waals surface area contributed by atoms with Crippen molar-refractivity contribution >= 4 is 54.4 Å². The lowest BCUT2D eigenvalue weighted by Gasteiger charge is -1.98. The zero-order valence-electron chi connectivity index (χ0n) is 46.5. The van der Waals surface area contributed by atoms with Crippen molar-refractivity contribution in [3.05, 3.63) is 206 Å². The smallest absolute Gasteiger partial charge is 0.0488 e. The maximum Gasteiger partial charge on any atom is 0.0488 e. The van der Waals surface area contributed by atoms with Crippen LogP contribution in [-0.2, 0) is 14.1 Å². The fourth-order valence-corrected chi connectivity index (χ4v) is 6.63. The molecule has 0 unspecified atom stereocenters. The molecule has 0 saturated heterocycles. The second-order valence-electron chi connectivity index (χ2n) is 12.3. The molecular weight excluding hydrogens is 821 g/mol. The molecule has 0 N–H and O–H groups in total. The summed E-state index contributed by atoms with van der Waals surface area (Å²) in [4.78, 5) is 0. The highest BCUT2D eigenvalue weighted by molar-refractivity contribution is 6.08.